The van der Waals surface area contributed by atoms with Gasteiger partial charge in [0.15, 0.2) is 5.78 Å². The maximum absolute atomic E-state index is 14.1. The van der Waals surface area contributed by atoms with Crippen molar-refractivity contribution < 1.29 is 4.79 Å². The molecule has 0 atom stereocenters. The highest BCUT2D eigenvalue weighted by Crippen LogP contribution is 2.55. The summed E-state index contributed by atoms with van der Waals surface area (Å²) in [6, 6.07) is 81.0. The molecule has 10 aromatic carbocycles. The number of nitrogens with zero attached hydrogens (tertiary/aromatic N) is 3. The van der Waals surface area contributed by atoms with E-state index in [1.165, 1.54) is 49.3 Å². The molecule has 4 heteroatoms. The lowest BCUT2D eigenvalue weighted by Crippen LogP contribution is -2.32. The minimum absolute atomic E-state index is 0.0834. The van der Waals surface area contributed by atoms with Gasteiger partial charge in [-0.15, -0.1) is 0 Å². The monoisotopic (exact) mass is 887 g/mol. The van der Waals surface area contributed by atoms with E-state index in [2.05, 4.69) is 248 Å². The van der Waals surface area contributed by atoms with Gasteiger partial charge in [-0.05, 0) is 141 Å². The van der Waals surface area contributed by atoms with Crippen LogP contribution < -0.4 is 9.80 Å². The summed E-state index contributed by atoms with van der Waals surface area (Å²) in [6.45, 7) is 9.25. The molecule has 0 amide bonds. The lowest BCUT2D eigenvalue weighted by Gasteiger charge is -2.43. The molecule has 1 aliphatic heterocycles. The second kappa shape index (κ2) is 15.3. The molecule has 0 spiro atoms. The van der Waals surface area contributed by atoms with E-state index >= 15 is 0 Å². The maximum atomic E-state index is 14.1. The van der Waals surface area contributed by atoms with Crippen molar-refractivity contribution in [3.8, 4) is 16.8 Å². The van der Waals surface area contributed by atoms with Crippen LogP contribution in [0.4, 0.5) is 34.1 Å². The van der Waals surface area contributed by atoms with E-state index in [1.807, 2.05) is 18.2 Å². The fraction of sp³-hybridized carbons (Fsp3) is 0.0923. The fourth-order valence-corrected chi connectivity index (χ4v) is 11.6. The molecule has 13 rings (SSSR count). The van der Waals surface area contributed by atoms with Gasteiger partial charge >= 0.3 is 0 Å². The molecule has 0 saturated heterocycles. The van der Waals surface area contributed by atoms with E-state index in [-0.39, 0.29) is 11.2 Å². The number of benzene rings is 10. The first-order chi connectivity index (χ1) is 33.6. The zero-order chi connectivity index (χ0) is 46.6. The van der Waals surface area contributed by atoms with E-state index in [9.17, 15) is 4.79 Å². The van der Waals surface area contributed by atoms with Gasteiger partial charge in [-0.25, -0.2) is 0 Å². The minimum atomic E-state index is -0.418. The summed E-state index contributed by atoms with van der Waals surface area (Å²) in [5.41, 5.74) is 17.6. The second-order valence-electron chi connectivity index (χ2n) is 19.7. The molecule has 0 radical (unpaired) electrons. The van der Waals surface area contributed by atoms with E-state index in [0.717, 1.165) is 67.6 Å². The number of carbonyl (C=O) groups is 1. The number of rotatable bonds is 6. The Kier molecular flexibility index (Phi) is 9.03. The first-order valence-corrected chi connectivity index (χ1v) is 24.0. The minimum Gasteiger partial charge on any atom is -0.310 e. The molecular formula is C65H49N3O. The molecular weight excluding hydrogens is 839 g/mol. The number of ketones is 1. The van der Waals surface area contributed by atoms with Gasteiger partial charge in [0.1, 0.15) is 0 Å². The third kappa shape index (κ3) is 6.25. The Hall–Kier alpha value is -8.47. The van der Waals surface area contributed by atoms with E-state index < -0.39 is 5.41 Å². The Morgan fingerprint density at radius 1 is 0.377 bits per heavy atom. The quantitative estimate of drug-likeness (QED) is 0.167. The largest absolute Gasteiger partial charge is 0.310 e. The standard InChI is InChI=1S/C65H49N3O/c1-64(2)55-25-15-13-24-53(55)63(69)54-34-31-49(39-56(54)64)68-60-35-29-45(44-28-27-42-17-11-12-18-43(42)37-44)38-57(60)65(3,4)58-40-48(32-36-61(58)68)66(46-19-7-5-8-20-46)50-30-33-52-51-23-14-16-26-59(51)67(62(52)41-50)47-21-9-6-10-22-47/h5-41H,1-4H3. The van der Waals surface area contributed by atoms with Crippen LogP contribution in [0.15, 0.2) is 224 Å². The first-order valence-electron chi connectivity index (χ1n) is 24.0. The van der Waals surface area contributed by atoms with Crippen LogP contribution in [0.1, 0.15) is 65.9 Å². The van der Waals surface area contributed by atoms with Gasteiger partial charge in [0.2, 0.25) is 0 Å². The number of aromatic nitrogens is 1. The van der Waals surface area contributed by atoms with Gasteiger partial charge in [-0.3, -0.25) is 4.79 Å². The van der Waals surface area contributed by atoms with Gasteiger partial charge in [0.25, 0.3) is 0 Å². The van der Waals surface area contributed by atoms with Crippen molar-refractivity contribution in [1.29, 1.82) is 0 Å². The maximum Gasteiger partial charge on any atom is 0.193 e. The van der Waals surface area contributed by atoms with Crippen molar-refractivity contribution in [1.82, 2.24) is 4.57 Å². The van der Waals surface area contributed by atoms with E-state index in [1.54, 1.807) is 0 Å². The molecule has 69 heavy (non-hydrogen) atoms. The second-order valence-corrected chi connectivity index (χ2v) is 19.7. The van der Waals surface area contributed by atoms with Crippen molar-refractivity contribution in [3.63, 3.8) is 0 Å². The van der Waals surface area contributed by atoms with Crippen LogP contribution in [-0.2, 0) is 10.8 Å². The third-order valence-corrected chi connectivity index (χ3v) is 15.1. The lowest BCUT2D eigenvalue weighted by atomic mass is 9.68. The van der Waals surface area contributed by atoms with Crippen LogP contribution in [0.25, 0.3) is 49.4 Å². The molecule has 0 fully saturated rings. The van der Waals surface area contributed by atoms with Crippen molar-refractivity contribution in [2.24, 2.45) is 0 Å². The highest BCUT2D eigenvalue weighted by atomic mass is 16.1. The Morgan fingerprint density at radius 3 is 1.80 bits per heavy atom. The van der Waals surface area contributed by atoms with Gasteiger partial charge in [-0.2, -0.15) is 0 Å². The molecule has 330 valence electrons. The smallest absolute Gasteiger partial charge is 0.193 e. The lowest BCUT2D eigenvalue weighted by molar-refractivity contribution is 0.103. The Bertz CT molecular complexity index is 3880. The molecule has 1 aliphatic carbocycles. The average molecular weight is 888 g/mol. The van der Waals surface area contributed by atoms with Gasteiger partial charge in [0.05, 0.1) is 22.4 Å². The van der Waals surface area contributed by atoms with Crippen LogP contribution in [0.2, 0.25) is 0 Å². The molecule has 2 heterocycles. The van der Waals surface area contributed by atoms with Crippen LogP contribution in [0.5, 0.6) is 0 Å². The Morgan fingerprint density at radius 2 is 0.971 bits per heavy atom. The number of anilines is 6. The zero-order valence-corrected chi connectivity index (χ0v) is 39.1. The van der Waals surface area contributed by atoms with E-state index in [4.69, 9.17) is 0 Å². The highest BCUT2D eigenvalue weighted by Gasteiger charge is 2.41. The average Bonchev–Trinajstić information content (AvgIpc) is 3.72. The van der Waals surface area contributed by atoms with Gasteiger partial charge < -0.3 is 14.4 Å². The van der Waals surface area contributed by atoms with Crippen LogP contribution >= 0.6 is 0 Å². The van der Waals surface area contributed by atoms with Crippen molar-refractivity contribution in [3.05, 3.63) is 258 Å². The molecule has 4 nitrogen and oxygen atoms in total. The molecule has 2 aliphatic rings. The molecule has 0 N–H and O–H groups in total. The predicted octanol–water partition coefficient (Wildman–Crippen LogP) is 17.1. The number of hydrogen-bond acceptors (Lipinski definition) is 3. The van der Waals surface area contributed by atoms with Crippen molar-refractivity contribution >= 4 is 72.5 Å². The van der Waals surface area contributed by atoms with Gasteiger partial charge in [0, 0.05) is 61.2 Å². The predicted molar refractivity (Wildman–Crippen MR) is 287 cm³/mol. The van der Waals surface area contributed by atoms with Crippen LogP contribution in [0, 0.1) is 0 Å². The Balaban J connectivity index is 1.02. The summed E-state index contributed by atoms with van der Waals surface area (Å²) in [6.07, 6.45) is 0. The summed E-state index contributed by atoms with van der Waals surface area (Å²) in [4.78, 5) is 19.0. The van der Waals surface area contributed by atoms with Crippen LogP contribution in [-0.4, -0.2) is 10.4 Å². The van der Waals surface area contributed by atoms with E-state index in [0.29, 0.717) is 0 Å². The fourth-order valence-electron chi connectivity index (χ4n) is 11.6. The molecule has 11 aromatic rings. The number of hydrogen-bond donors (Lipinski definition) is 0. The zero-order valence-electron chi connectivity index (χ0n) is 39.1. The van der Waals surface area contributed by atoms with Gasteiger partial charge in [-0.1, -0.05) is 155 Å². The molecule has 0 bridgehead atoms. The highest BCUT2D eigenvalue weighted by molar-refractivity contribution is 6.14. The number of fused-ring (bicyclic) bond motifs is 8. The topological polar surface area (TPSA) is 28.5 Å². The summed E-state index contributed by atoms with van der Waals surface area (Å²) >= 11 is 0. The number of para-hydroxylation sites is 3. The normalized spacial score (nSPS) is 14.3. The van der Waals surface area contributed by atoms with Crippen molar-refractivity contribution in [2.45, 2.75) is 38.5 Å². The Labute approximate surface area is 403 Å². The summed E-state index contributed by atoms with van der Waals surface area (Å²) in [5, 5.41) is 4.89. The molecule has 0 unspecified atom stereocenters. The third-order valence-electron chi connectivity index (χ3n) is 15.1. The van der Waals surface area contributed by atoms with Crippen molar-refractivity contribution in [2.75, 3.05) is 9.80 Å². The SMILES string of the molecule is CC1(C)c2ccccc2C(=O)c2ccc(N3c4ccc(-c5ccc6ccccc6c5)cc4C(C)(C)c4cc(N(c5ccccc5)c5ccc6c7ccccc7n(-c7ccccc7)c6c5)ccc43)cc21. The molecule has 0 saturated carbocycles. The number of carbonyl (C=O) groups excluding carboxylic acids is 1. The summed E-state index contributed by atoms with van der Waals surface area (Å²) < 4.78 is 2.39. The first kappa shape index (κ1) is 40.8. The summed E-state index contributed by atoms with van der Waals surface area (Å²) in [7, 11) is 0. The molecule has 1 aromatic heterocycles. The van der Waals surface area contributed by atoms with Crippen LogP contribution in [0.3, 0.4) is 0 Å². The summed E-state index contributed by atoms with van der Waals surface area (Å²) in [5.74, 6) is 0.0834.